The summed E-state index contributed by atoms with van der Waals surface area (Å²) in [4.78, 5) is 17.5. The van der Waals surface area contributed by atoms with Crippen LogP contribution in [0.15, 0.2) is 24.5 Å². The Morgan fingerprint density at radius 3 is 2.79 bits per heavy atom. The number of rotatable bonds is 9. The predicted molar refractivity (Wildman–Crippen MR) is 72.9 cm³/mol. The van der Waals surface area contributed by atoms with Crippen LogP contribution in [-0.4, -0.2) is 56.3 Å². The van der Waals surface area contributed by atoms with Crippen LogP contribution in [-0.2, 0) is 20.7 Å². The fourth-order valence-electron chi connectivity index (χ4n) is 1.74. The minimum Gasteiger partial charge on any atom is -0.469 e. The Labute approximate surface area is 114 Å². The topological polar surface area (TPSA) is 51.7 Å². The summed E-state index contributed by atoms with van der Waals surface area (Å²) in [6.45, 7) is 3.05. The van der Waals surface area contributed by atoms with Crippen LogP contribution in [0.4, 0.5) is 0 Å². The van der Waals surface area contributed by atoms with Crippen molar-refractivity contribution >= 4 is 5.97 Å². The lowest BCUT2D eigenvalue weighted by atomic mass is 10.2. The normalized spacial score (nSPS) is 10.7. The number of ether oxygens (including phenoxy) is 2. The van der Waals surface area contributed by atoms with Gasteiger partial charge in [0.05, 0.1) is 20.1 Å². The van der Waals surface area contributed by atoms with Crippen LogP contribution < -0.4 is 0 Å². The molecule has 0 aromatic carbocycles. The molecule has 0 aliphatic rings. The van der Waals surface area contributed by atoms with Crippen molar-refractivity contribution in [3.8, 4) is 0 Å². The fourth-order valence-corrected chi connectivity index (χ4v) is 1.74. The first-order valence-corrected chi connectivity index (χ1v) is 6.43. The van der Waals surface area contributed by atoms with Gasteiger partial charge >= 0.3 is 5.97 Å². The molecule has 1 heterocycles. The molecule has 1 rings (SSSR count). The van der Waals surface area contributed by atoms with Crippen LogP contribution in [0.5, 0.6) is 0 Å². The zero-order valence-corrected chi connectivity index (χ0v) is 11.7. The van der Waals surface area contributed by atoms with Crippen molar-refractivity contribution in [2.45, 2.75) is 12.8 Å². The predicted octanol–water partition coefficient (Wildman–Crippen LogP) is 1.14. The van der Waals surface area contributed by atoms with Gasteiger partial charge < -0.3 is 14.4 Å². The molecule has 0 unspecified atom stereocenters. The van der Waals surface area contributed by atoms with Gasteiger partial charge in [-0.15, -0.1) is 0 Å². The zero-order chi connectivity index (χ0) is 13.9. The van der Waals surface area contributed by atoms with E-state index in [1.165, 1.54) is 12.7 Å². The minimum absolute atomic E-state index is 0.177. The molecule has 5 nitrogen and oxygen atoms in total. The molecule has 0 radical (unpaired) electrons. The first kappa shape index (κ1) is 15.6. The maximum atomic E-state index is 11.2. The Balaban J connectivity index is 2.37. The summed E-state index contributed by atoms with van der Waals surface area (Å²) in [6.07, 6.45) is 4.96. The number of carbonyl (C=O) groups excluding carboxylic acids is 1. The van der Waals surface area contributed by atoms with Gasteiger partial charge in [-0.05, 0) is 18.1 Å². The van der Waals surface area contributed by atoms with E-state index in [0.29, 0.717) is 19.6 Å². The molecule has 106 valence electrons. The van der Waals surface area contributed by atoms with Crippen LogP contribution in [0.2, 0.25) is 0 Å². The molecule has 0 N–H and O–H groups in total. The SMILES string of the molecule is COCCN(CCC(=O)OC)CCc1cccnc1. The van der Waals surface area contributed by atoms with Crippen molar-refractivity contribution in [3.05, 3.63) is 30.1 Å². The van der Waals surface area contributed by atoms with Gasteiger partial charge in [-0.1, -0.05) is 6.07 Å². The summed E-state index contributed by atoms with van der Waals surface area (Å²) in [5, 5.41) is 0. The molecule has 1 aromatic heterocycles. The Kier molecular flexibility index (Phi) is 7.77. The van der Waals surface area contributed by atoms with Crippen LogP contribution >= 0.6 is 0 Å². The van der Waals surface area contributed by atoms with E-state index < -0.39 is 0 Å². The molecule has 0 amide bonds. The molecule has 1 aromatic rings. The van der Waals surface area contributed by atoms with Gasteiger partial charge in [0.25, 0.3) is 0 Å². The molecule has 19 heavy (non-hydrogen) atoms. The van der Waals surface area contributed by atoms with Crippen molar-refractivity contribution in [1.82, 2.24) is 9.88 Å². The van der Waals surface area contributed by atoms with Gasteiger partial charge in [-0.2, -0.15) is 0 Å². The standard InChI is InChI=1S/C14H22N2O3/c1-18-11-10-16(9-6-14(17)19-2)8-5-13-4-3-7-15-12-13/h3-4,7,12H,5-6,8-11H2,1-2H3. The van der Waals surface area contributed by atoms with E-state index in [1.54, 1.807) is 13.3 Å². The number of carbonyl (C=O) groups is 1. The van der Waals surface area contributed by atoms with Gasteiger partial charge in [0.1, 0.15) is 0 Å². The smallest absolute Gasteiger partial charge is 0.306 e. The third-order valence-corrected chi connectivity index (χ3v) is 2.91. The van der Waals surface area contributed by atoms with E-state index in [-0.39, 0.29) is 5.97 Å². The average Bonchev–Trinajstić information content (AvgIpc) is 2.47. The lowest BCUT2D eigenvalue weighted by Crippen LogP contribution is -2.32. The third kappa shape index (κ3) is 6.88. The quantitative estimate of drug-likeness (QED) is 0.627. The highest BCUT2D eigenvalue weighted by Crippen LogP contribution is 2.01. The Hall–Kier alpha value is -1.46. The average molecular weight is 266 g/mol. The molecule has 0 saturated carbocycles. The zero-order valence-electron chi connectivity index (χ0n) is 11.7. The first-order chi connectivity index (χ1) is 9.26. The summed E-state index contributed by atoms with van der Waals surface area (Å²) in [6, 6.07) is 3.99. The van der Waals surface area contributed by atoms with Gasteiger partial charge in [0, 0.05) is 39.1 Å². The maximum Gasteiger partial charge on any atom is 0.306 e. The van der Waals surface area contributed by atoms with Crippen molar-refractivity contribution in [3.63, 3.8) is 0 Å². The van der Waals surface area contributed by atoms with Crippen molar-refractivity contribution in [2.24, 2.45) is 0 Å². The maximum absolute atomic E-state index is 11.2. The molecular weight excluding hydrogens is 244 g/mol. The van der Waals surface area contributed by atoms with Crippen LogP contribution in [0.3, 0.4) is 0 Å². The molecule has 0 aliphatic heterocycles. The third-order valence-electron chi connectivity index (χ3n) is 2.91. The number of pyridine rings is 1. The molecule has 0 bridgehead atoms. The molecule has 0 fully saturated rings. The Morgan fingerprint density at radius 1 is 1.32 bits per heavy atom. The van der Waals surface area contributed by atoms with Gasteiger partial charge in [-0.3, -0.25) is 9.78 Å². The monoisotopic (exact) mass is 266 g/mol. The first-order valence-electron chi connectivity index (χ1n) is 6.43. The molecule has 0 saturated heterocycles. The molecule has 0 atom stereocenters. The van der Waals surface area contributed by atoms with Crippen LogP contribution in [0.25, 0.3) is 0 Å². The van der Waals surface area contributed by atoms with E-state index in [2.05, 4.69) is 20.7 Å². The highest BCUT2D eigenvalue weighted by atomic mass is 16.5. The van der Waals surface area contributed by atoms with E-state index >= 15 is 0 Å². The highest BCUT2D eigenvalue weighted by Gasteiger charge is 2.08. The largest absolute Gasteiger partial charge is 0.469 e. The highest BCUT2D eigenvalue weighted by molar-refractivity contribution is 5.69. The Morgan fingerprint density at radius 2 is 2.16 bits per heavy atom. The number of methoxy groups -OCH3 is 2. The van der Waals surface area contributed by atoms with Gasteiger partial charge in [-0.25, -0.2) is 0 Å². The molecule has 0 spiro atoms. The molecular formula is C14H22N2O3. The molecule has 5 heteroatoms. The van der Waals surface area contributed by atoms with Crippen molar-refractivity contribution in [2.75, 3.05) is 40.5 Å². The number of esters is 1. The van der Waals surface area contributed by atoms with Crippen molar-refractivity contribution < 1.29 is 14.3 Å². The lowest BCUT2D eigenvalue weighted by Gasteiger charge is -2.21. The summed E-state index contributed by atoms with van der Waals surface area (Å²) < 4.78 is 9.75. The van der Waals surface area contributed by atoms with E-state index in [0.717, 1.165) is 19.5 Å². The Bertz CT molecular complexity index is 357. The number of hydrogen-bond donors (Lipinski definition) is 0. The number of hydrogen-bond acceptors (Lipinski definition) is 5. The summed E-state index contributed by atoms with van der Waals surface area (Å²) in [5.41, 5.74) is 1.20. The van der Waals surface area contributed by atoms with Crippen molar-refractivity contribution in [1.29, 1.82) is 0 Å². The summed E-state index contributed by atoms with van der Waals surface area (Å²) >= 11 is 0. The summed E-state index contributed by atoms with van der Waals surface area (Å²) in [7, 11) is 3.09. The second-order valence-electron chi connectivity index (χ2n) is 4.27. The lowest BCUT2D eigenvalue weighted by molar-refractivity contribution is -0.141. The van der Waals surface area contributed by atoms with Gasteiger partial charge in [0.15, 0.2) is 0 Å². The van der Waals surface area contributed by atoms with Gasteiger partial charge in [0.2, 0.25) is 0 Å². The number of aromatic nitrogens is 1. The summed E-state index contributed by atoms with van der Waals surface area (Å²) in [5.74, 6) is -0.177. The number of nitrogens with zero attached hydrogens (tertiary/aromatic N) is 2. The van der Waals surface area contributed by atoms with Crippen LogP contribution in [0, 0.1) is 0 Å². The fraction of sp³-hybridized carbons (Fsp3) is 0.571. The second-order valence-corrected chi connectivity index (χ2v) is 4.27. The van der Waals surface area contributed by atoms with Crippen LogP contribution in [0.1, 0.15) is 12.0 Å². The van der Waals surface area contributed by atoms with E-state index in [1.807, 2.05) is 12.3 Å². The molecule has 0 aliphatic carbocycles. The van der Waals surface area contributed by atoms with E-state index in [4.69, 9.17) is 4.74 Å². The van der Waals surface area contributed by atoms with E-state index in [9.17, 15) is 4.79 Å². The minimum atomic E-state index is -0.177. The second kappa shape index (κ2) is 9.47.